The fraction of sp³-hybridized carbons (Fsp3) is 0.108. The van der Waals surface area contributed by atoms with Gasteiger partial charge in [0.05, 0.1) is 16.7 Å². The molecule has 0 fully saturated rings. The number of para-hydroxylation sites is 3. The largest absolute Gasteiger partial charge is 0.510 e. The molecule has 80 heavy (non-hydrogen) atoms. The summed E-state index contributed by atoms with van der Waals surface area (Å²) in [5.41, 5.74) is 21.8. The average molecular weight is 1210 g/mol. The van der Waals surface area contributed by atoms with Crippen LogP contribution in [0.3, 0.4) is 0 Å². The summed E-state index contributed by atoms with van der Waals surface area (Å²) in [5.74, 6) is 1.98. The monoisotopic (exact) mass is 1210 g/mol. The van der Waals surface area contributed by atoms with Crippen molar-refractivity contribution < 1.29 is 30.4 Å². The van der Waals surface area contributed by atoms with Gasteiger partial charge >= 0.3 is 0 Å². The topological polar surface area (TPSA) is 35.9 Å². The summed E-state index contributed by atoms with van der Waals surface area (Å²) in [4.78, 5) is 4.91. The molecule has 0 N–H and O–H groups in total. The van der Waals surface area contributed by atoms with Crippen LogP contribution in [0, 0.1) is 18.5 Å². The van der Waals surface area contributed by atoms with Crippen molar-refractivity contribution in [2.75, 3.05) is 0 Å². The van der Waals surface area contributed by atoms with E-state index >= 15 is 0 Å². The smallest absolute Gasteiger partial charge is 0.268 e. The third-order valence-electron chi connectivity index (χ3n) is 15.7. The molecule has 13 aromatic rings. The molecule has 1 aliphatic heterocycles. The summed E-state index contributed by atoms with van der Waals surface area (Å²) < 4.78 is 13.5. The summed E-state index contributed by atoms with van der Waals surface area (Å²) in [6.07, 6.45) is 5.93. The van der Waals surface area contributed by atoms with E-state index in [1.165, 1.54) is 27.8 Å². The standard InChI is InChI=1S/C74H56N4O.Pt/c1-73(2,3)53-39-40-75-69(44-53)78-66-35-16-15-29-60(66)61-38-37-56(46-68(61)78)79-55-26-17-25-54(45-55)76-47-77-71-57(52-42-50(48-21-9-7-10-22-48)41-51(43-52)49-23-11-8-12-24-49)30-18-33-64(71)70-62(31-19-34-65(70)74(4,5)6)58-27-13-14-28-59(58)63-32-20-36-67(76)72(63)77;/h7-44H,1-6H3;/q-2;. The minimum Gasteiger partial charge on any atom is -0.510 e. The first-order valence-electron chi connectivity index (χ1n) is 27.2. The van der Waals surface area contributed by atoms with Gasteiger partial charge in [0.1, 0.15) is 5.82 Å². The molecule has 0 bridgehead atoms. The van der Waals surface area contributed by atoms with E-state index in [1.807, 2.05) is 24.4 Å². The molecule has 0 spiro atoms. The first kappa shape index (κ1) is 50.6. The Balaban J connectivity index is 0.00000605. The van der Waals surface area contributed by atoms with Crippen LogP contribution in [0.5, 0.6) is 11.5 Å². The van der Waals surface area contributed by atoms with E-state index in [9.17, 15) is 0 Å². The van der Waals surface area contributed by atoms with Gasteiger partial charge in [-0.3, -0.25) is 4.57 Å². The van der Waals surface area contributed by atoms with E-state index < -0.39 is 0 Å². The minimum absolute atomic E-state index is 0. The number of rotatable bonds is 7. The zero-order valence-corrected chi connectivity index (χ0v) is 47.7. The Morgan fingerprint density at radius 1 is 0.450 bits per heavy atom. The Hall–Kier alpha value is -8.89. The fourth-order valence-electron chi connectivity index (χ4n) is 11.9. The van der Waals surface area contributed by atoms with Crippen LogP contribution >= 0.6 is 0 Å². The first-order chi connectivity index (χ1) is 38.4. The molecule has 0 radical (unpaired) electrons. The van der Waals surface area contributed by atoms with Crippen molar-refractivity contribution in [2.24, 2.45) is 0 Å². The van der Waals surface area contributed by atoms with Gasteiger partial charge in [-0.25, -0.2) is 4.98 Å². The molecule has 6 heteroatoms. The van der Waals surface area contributed by atoms with Gasteiger partial charge in [-0.15, -0.1) is 29.7 Å². The number of hydrogen-bond acceptors (Lipinski definition) is 2. The molecule has 10 aromatic carbocycles. The Bertz CT molecular complexity index is 4480. The minimum atomic E-state index is -0.194. The summed E-state index contributed by atoms with van der Waals surface area (Å²) in [6.45, 7) is 13.7. The maximum absolute atomic E-state index is 6.83. The molecule has 390 valence electrons. The van der Waals surface area contributed by atoms with Gasteiger partial charge < -0.3 is 13.9 Å². The van der Waals surface area contributed by atoms with Crippen molar-refractivity contribution in [2.45, 2.75) is 52.4 Å². The molecule has 4 heterocycles. The summed E-state index contributed by atoms with van der Waals surface area (Å²) in [5, 5.41) is 2.21. The number of nitrogens with zero attached hydrogens (tertiary/aromatic N) is 4. The molecule has 5 nitrogen and oxygen atoms in total. The second-order valence-electron chi connectivity index (χ2n) is 22.8. The number of hydrogen-bond donors (Lipinski definition) is 0. The maximum Gasteiger partial charge on any atom is 0.268 e. The van der Waals surface area contributed by atoms with Gasteiger partial charge in [0.25, 0.3) is 6.33 Å². The number of aromatic nitrogens is 4. The van der Waals surface area contributed by atoms with Crippen LogP contribution in [0.2, 0.25) is 0 Å². The number of pyridine rings is 1. The molecule has 14 rings (SSSR count). The van der Waals surface area contributed by atoms with Crippen LogP contribution in [-0.4, -0.2) is 14.1 Å². The molecule has 0 atom stereocenters. The van der Waals surface area contributed by atoms with Crippen molar-refractivity contribution in [3.8, 4) is 95.5 Å². The van der Waals surface area contributed by atoms with E-state index in [2.05, 4.69) is 280 Å². The number of ether oxygens (including phenoxy) is 1. The molecule has 0 aliphatic carbocycles. The quantitative estimate of drug-likeness (QED) is 0.118. The number of benzene rings is 10. The number of imidazole rings is 1. The van der Waals surface area contributed by atoms with Crippen molar-refractivity contribution in [3.05, 3.63) is 260 Å². The van der Waals surface area contributed by atoms with Crippen LogP contribution in [0.15, 0.2) is 231 Å². The van der Waals surface area contributed by atoms with Crippen molar-refractivity contribution in [1.29, 1.82) is 0 Å². The van der Waals surface area contributed by atoms with Crippen LogP contribution in [0.1, 0.15) is 52.7 Å². The Morgan fingerprint density at radius 2 is 1.04 bits per heavy atom. The summed E-state index contributed by atoms with van der Waals surface area (Å²) in [7, 11) is 0. The third kappa shape index (κ3) is 8.69. The SMILES string of the molecule is CC(C)(C)c1ccnc(-n2c3[c-]c(Oc4[c-]c(-n5[c-][n+]6c7c(cccc75)-c5ccccc5-c5cccc(C(C)(C)C)c5-c5cccc(-c7cc(-c8ccccc8)cc(-c8ccccc8)c7)c5-6)ccc4)ccc3c3ccccc32)c1.[Pt]. The second-order valence-corrected chi connectivity index (χ2v) is 22.8. The Labute approximate surface area is 482 Å². The first-order valence-corrected chi connectivity index (χ1v) is 27.2. The molecule has 0 saturated carbocycles. The van der Waals surface area contributed by atoms with Gasteiger partial charge in [0, 0.05) is 44.3 Å². The van der Waals surface area contributed by atoms with Gasteiger partial charge in [0.2, 0.25) is 0 Å². The zero-order chi connectivity index (χ0) is 53.6. The zero-order valence-electron chi connectivity index (χ0n) is 45.5. The van der Waals surface area contributed by atoms with Crippen molar-refractivity contribution in [1.82, 2.24) is 14.1 Å². The molecule has 1 aliphatic rings. The Kier molecular flexibility index (Phi) is 12.5. The van der Waals surface area contributed by atoms with E-state index in [-0.39, 0.29) is 31.9 Å². The second kappa shape index (κ2) is 19.8. The molecular weight excluding hydrogens is 1160 g/mol. The molecule has 0 amide bonds. The van der Waals surface area contributed by atoms with E-state index in [0.717, 1.165) is 100 Å². The predicted octanol–water partition coefficient (Wildman–Crippen LogP) is 18.5. The van der Waals surface area contributed by atoms with Crippen LogP contribution in [0.4, 0.5) is 0 Å². The van der Waals surface area contributed by atoms with Gasteiger partial charge in [-0.2, -0.15) is 18.2 Å². The van der Waals surface area contributed by atoms with E-state index in [1.54, 1.807) is 0 Å². The molecule has 3 aromatic heterocycles. The van der Waals surface area contributed by atoms with Crippen LogP contribution < -0.4 is 9.30 Å². The van der Waals surface area contributed by atoms with Gasteiger partial charge in [-0.1, -0.05) is 205 Å². The average Bonchev–Trinajstić information content (AvgIpc) is 4.09. The molecule has 0 saturated heterocycles. The third-order valence-corrected chi connectivity index (χ3v) is 15.7. The van der Waals surface area contributed by atoms with E-state index in [4.69, 9.17) is 9.72 Å². The van der Waals surface area contributed by atoms with Gasteiger partial charge in [0.15, 0.2) is 0 Å². The molecular formula is C74H56N4OPt-2. The predicted molar refractivity (Wildman–Crippen MR) is 324 cm³/mol. The summed E-state index contributed by atoms with van der Waals surface area (Å²) >= 11 is 0. The van der Waals surface area contributed by atoms with Gasteiger partial charge in [-0.05, 0) is 136 Å². The van der Waals surface area contributed by atoms with Crippen molar-refractivity contribution >= 4 is 32.8 Å². The van der Waals surface area contributed by atoms with Crippen molar-refractivity contribution in [3.63, 3.8) is 0 Å². The van der Waals surface area contributed by atoms with Crippen LogP contribution in [0.25, 0.3) is 117 Å². The summed E-state index contributed by atoms with van der Waals surface area (Å²) in [6, 6.07) is 88.1. The van der Waals surface area contributed by atoms with Crippen LogP contribution in [-0.2, 0) is 31.9 Å². The maximum atomic E-state index is 6.83. The Morgan fingerprint density at radius 3 is 1.77 bits per heavy atom. The fourth-order valence-corrected chi connectivity index (χ4v) is 11.9. The van der Waals surface area contributed by atoms with E-state index in [0.29, 0.717) is 11.5 Å². The normalized spacial score (nSPS) is 12.0. The number of fused-ring (bicyclic) bond motifs is 10. The molecule has 0 unspecified atom stereocenters.